The molecule has 144 valence electrons. The Bertz CT molecular complexity index is 607. The first-order valence-corrected chi connectivity index (χ1v) is 8.83. The molecule has 1 fully saturated rings. The first-order valence-electron chi connectivity index (χ1n) is 8.83. The third-order valence-corrected chi connectivity index (χ3v) is 4.79. The molecule has 0 amide bonds. The largest absolute Gasteiger partial charge is 0.461 e. The third-order valence-electron chi connectivity index (χ3n) is 4.79. The number of rotatable bonds is 4. The lowest BCUT2D eigenvalue weighted by molar-refractivity contribution is -0.156. The average Bonchev–Trinajstić information content (AvgIpc) is 2.85. The minimum absolute atomic E-state index is 0.0928. The molecule has 0 saturated carbocycles. The van der Waals surface area contributed by atoms with Gasteiger partial charge in [-0.15, -0.1) is 0 Å². The Hall–Kier alpha value is -2.15. The molecule has 0 aromatic heterocycles. The van der Waals surface area contributed by atoms with Crippen LogP contribution in [0.2, 0.25) is 0 Å². The number of carbonyl (C=O) groups is 3. The fraction of sp³-hybridized carbons (Fsp3) is 0.632. The highest BCUT2D eigenvalue weighted by Gasteiger charge is 2.45. The molecule has 7 nitrogen and oxygen atoms in total. The van der Waals surface area contributed by atoms with E-state index < -0.39 is 42.6 Å². The Balaban J connectivity index is 2.31. The fourth-order valence-corrected chi connectivity index (χ4v) is 3.49. The SMILES string of the molecule is C=C1C(=O)O[C@H]2C[C@@H](C)CCC=C(COC(C)=O)C[C@H](OC(=O)CO)[C@@H]12. The first-order chi connectivity index (χ1) is 12.3. The van der Waals surface area contributed by atoms with Gasteiger partial charge in [-0.3, -0.25) is 4.79 Å². The van der Waals surface area contributed by atoms with Crippen LogP contribution in [-0.4, -0.2) is 48.4 Å². The van der Waals surface area contributed by atoms with Gasteiger partial charge in [-0.2, -0.15) is 0 Å². The lowest BCUT2D eigenvalue weighted by Gasteiger charge is -2.30. The third kappa shape index (κ3) is 5.17. The van der Waals surface area contributed by atoms with E-state index in [1.807, 2.05) is 6.08 Å². The van der Waals surface area contributed by atoms with E-state index in [1.165, 1.54) is 6.92 Å². The Morgan fingerprint density at radius 1 is 1.42 bits per heavy atom. The predicted molar refractivity (Wildman–Crippen MR) is 91.8 cm³/mol. The number of esters is 3. The second-order valence-electron chi connectivity index (χ2n) is 6.95. The standard InChI is InChI=1S/C19H26O7/c1-11-5-4-6-14(10-24-13(3)21)8-16(25-17(22)9-20)18-12(2)19(23)26-15(18)7-11/h6,11,15-16,18,20H,2,4-5,7-10H2,1,3H3/t11-,15-,16-,18-/m0/s1. The van der Waals surface area contributed by atoms with Crippen LogP contribution in [0.1, 0.15) is 39.5 Å². The Morgan fingerprint density at radius 3 is 2.81 bits per heavy atom. The van der Waals surface area contributed by atoms with Crippen LogP contribution in [-0.2, 0) is 28.6 Å². The average molecular weight is 366 g/mol. The molecule has 1 aliphatic carbocycles. The van der Waals surface area contributed by atoms with E-state index in [2.05, 4.69) is 13.5 Å². The highest BCUT2D eigenvalue weighted by molar-refractivity contribution is 5.91. The lowest BCUT2D eigenvalue weighted by atomic mass is 9.82. The van der Waals surface area contributed by atoms with Crippen molar-refractivity contribution in [3.05, 3.63) is 23.8 Å². The summed E-state index contributed by atoms with van der Waals surface area (Å²) in [6.07, 6.45) is 3.46. The number of carbonyl (C=O) groups excluding carboxylic acids is 3. The van der Waals surface area contributed by atoms with E-state index in [0.717, 1.165) is 18.4 Å². The Labute approximate surface area is 153 Å². The van der Waals surface area contributed by atoms with E-state index in [9.17, 15) is 14.4 Å². The number of ether oxygens (including phenoxy) is 3. The van der Waals surface area contributed by atoms with Gasteiger partial charge in [-0.05, 0) is 30.8 Å². The number of allylic oxidation sites excluding steroid dienone is 1. The van der Waals surface area contributed by atoms with Gasteiger partial charge in [0.2, 0.25) is 0 Å². The van der Waals surface area contributed by atoms with Crippen molar-refractivity contribution >= 4 is 17.9 Å². The number of hydrogen-bond acceptors (Lipinski definition) is 7. The number of aliphatic hydroxyl groups is 1. The van der Waals surface area contributed by atoms with Crippen molar-refractivity contribution in [2.75, 3.05) is 13.2 Å². The van der Waals surface area contributed by atoms with Gasteiger partial charge in [-0.1, -0.05) is 19.6 Å². The molecule has 0 aromatic carbocycles. The molecule has 1 N–H and O–H groups in total. The minimum atomic E-state index is -0.780. The maximum absolute atomic E-state index is 12.0. The zero-order valence-corrected chi connectivity index (χ0v) is 15.2. The highest BCUT2D eigenvalue weighted by Crippen LogP contribution is 2.38. The van der Waals surface area contributed by atoms with Gasteiger partial charge < -0.3 is 19.3 Å². The maximum Gasteiger partial charge on any atom is 0.334 e. The molecule has 0 aromatic rings. The van der Waals surface area contributed by atoms with E-state index in [-0.39, 0.29) is 18.6 Å². The molecule has 1 saturated heterocycles. The summed E-state index contributed by atoms with van der Waals surface area (Å²) in [5.41, 5.74) is 1.07. The van der Waals surface area contributed by atoms with Crippen molar-refractivity contribution < 1.29 is 33.7 Å². The van der Waals surface area contributed by atoms with Crippen molar-refractivity contribution in [1.29, 1.82) is 0 Å². The lowest BCUT2D eigenvalue weighted by Crippen LogP contribution is -2.36. The van der Waals surface area contributed by atoms with E-state index in [1.54, 1.807) is 0 Å². The summed E-state index contributed by atoms with van der Waals surface area (Å²) in [6, 6.07) is 0. The minimum Gasteiger partial charge on any atom is -0.461 e. The van der Waals surface area contributed by atoms with Crippen LogP contribution < -0.4 is 0 Å². The van der Waals surface area contributed by atoms with E-state index in [0.29, 0.717) is 12.3 Å². The molecule has 1 aliphatic heterocycles. The van der Waals surface area contributed by atoms with E-state index >= 15 is 0 Å². The predicted octanol–water partition coefficient (Wildman–Crippen LogP) is 1.69. The molecule has 2 rings (SSSR count). The zero-order chi connectivity index (χ0) is 19.3. The van der Waals surface area contributed by atoms with Crippen LogP contribution in [0.4, 0.5) is 0 Å². The van der Waals surface area contributed by atoms with Crippen LogP contribution in [0.3, 0.4) is 0 Å². The molecule has 0 unspecified atom stereocenters. The van der Waals surface area contributed by atoms with Crippen LogP contribution in [0.25, 0.3) is 0 Å². The van der Waals surface area contributed by atoms with Crippen molar-refractivity contribution in [2.24, 2.45) is 11.8 Å². The van der Waals surface area contributed by atoms with Gasteiger partial charge in [0.05, 0.1) is 5.92 Å². The summed E-state index contributed by atoms with van der Waals surface area (Å²) in [7, 11) is 0. The molecule has 0 spiro atoms. The fourth-order valence-electron chi connectivity index (χ4n) is 3.49. The second-order valence-corrected chi connectivity index (χ2v) is 6.95. The Morgan fingerprint density at radius 2 is 2.15 bits per heavy atom. The summed E-state index contributed by atoms with van der Waals surface area (Å²) >= 11 is 0. The molecule has 26 heavy (non-hydrogen) atoms. The summed E-state index contributed by atoms with van der Waals surface area (Å²) in [5.74, 6) is -1.86. The van der Waals surface area contributed by atoms with Crippen molar-refractivity contribution in [2.45, 2.75) is 51.7 Å². The van der Waals surface area contributed by atoms with Crippen LogP contribution in [0, 0.1) is 11.8 Å². The van der Waals surface area contributed by atoms with Gasteiger partial charge in [0, 0.05) is 18.9 Å². The molecule has 0 radical (unpaired) electrons. The molecule has 1 heterocycles. The van der Waals surface area contributed by atoms with E-state index in [4.69, 9.17) is 19.3 Å². The number of aliphatic hydroxyl groups excluding tert-OH is 1. The van der Waals surface area contributed by atoms with Gasteiger partial charge in [0.15, 0.2) is 0 Å². The van der Waals surface area contributed by atoms with Crippen molar-refractivity contribution in [1.82, 2.24) is 0 Å². The smallest absolute Gasteiger partial charge is 0.334 e. The quantitative estimate of drug-likeness (QED) is 0.350. The van der Waals surface area contributed by atoms with Crippen LogP contribution in [0.15, 0.2) is 23.8 Å². The monoisotopic (exact) mass is 366 g/mol. The molecule has 4 atom stereocenters. The summed E-state index contributed by atoms with van der Waals surface area (Å²) in [4.78, 5) is 34.9. The summed E-state index contributed by atoms with van der Waals surface area (Å²) in [6.45, 7) is 6.56. The van der Waals surface area contributed by atoms with Gasteiger partial charge in [0.1, 0.15) is 25.4 Å². The topological polar surface area (TPSA) is 99.1 Å². The summed E-state index contributed by atoms with van der Waals surface area (Å²) in [5, 5.41) is 9.06. The maximum atomic E-state index is 12.0. The molecular weight excluding hydrogens is 340 g/mol. The number of fused-ring (bicyclic) bond motifs is 1. The Kier molecular flexibility index (Phi) is 6.97. The van der Waals surface area contributed by atoms with Crippen LogP contribution >= 0.6 is 0 Å². The van der Waals surface area contributed by atoms with Gasteiger partial charge in [-0.25, -0.2) is 9.59 Å². The molecular formula is C19H26O7. The molecule has 7 heteroatoms. The molecule has 0 bridgehead atoms. The second kappa shape index (κ2) is 8.98. The highest BCUT2D eigenvalue weighted by atomic mass is 16.6. The van der Waals surface area contributed by atoms with Gasteiger partial charge in [0.25, 0.3) is 0 Å². The first kappa shape index (κ1) is 20.2. The molecule has 2 aliphatic rings. The number of hydrogen-bond donors (Lipinski definition) is 1. The van der Waals surface area contributed by atoms with Gasteiger partial charge >= 0.3 is 17.9 Å². The summed E-state index contributed by atoms with van der Waals surface area (Å²) < 4.78 is 16.0. The van der Waals surface area contributed by atoms with Crippen molar-refractivity contribution in [3.63, 3.8) is 0 Å². The van der Waals surface area contributed by atoms with Crippen LogP contribution in [0.5, 0.6) is 0 Å². The zero-order valence-electron chi connectivity index (χ0n) is 15.2. The van der Waals surface area contributed by atoms with Crippen molar-refractivity contribution in [3.8, 4) is 0 Å². The normalized spacial score (nSPS) is 29.3.